The van der Waals surface area contributed by atoms with Crippen molar-refractivity contribution in [1.82, 2.24) is 5.32 Å². The number of aryl methyl sites for hydroxylation is 2. The molecule has 0 heterocycles. The van der Waals surface area contributed by atoms with E-state index in [-0.39, 0.29) is 0 Å². The van der Waals surface area contributed by atoms with Crippen LogP contribution >= 0.6 is 0 Å². The smallest absolute Gasteiger partial charge is 0.120 e. The van der Waals surface area contributed by atoms with Gasteiger partial charge in [-0.25, -0.2) is 0 Å². The van der Waals surface area contributed by atoms with E-state index in [1.54, 1.807) is 0 Å². The first-order chi connectivity index (χ1) is 9.20. The minimum absolute atomic E-state index is 0.324. The van der Waals surface area contributed by atoms with Crippen LogP contribution in [0.15, 0.2) is 18.2 Å². The molecule has 1 aromatic carbocycles. The third-order valence-corrected chi connectivity index (χ3v) is 4.18. The van der Waals surface area contributed by atoms with E-state index < -0.39 is 0 Å². The van der Waals surface area contributed by atoms with Crippen molar-refractivity contribution in [3.05, 3.63) is 29.3 Å². The van der Waals surface area contributed by atoms with Gasteiger partial charge >= 0.3 is 0 Å². The predicted molar refractivity (Wildman–Crippen MR) is 80.9 cm³/mol. The number of nitrogens with one attached hydrogen (secondary N) is 1. The molecule has 0 radical (unpaired) electrons. The summed E-state index contributed by atoms with van der Waals surface area (Å²) >= 11 is 0. The first-order valence-electron chi connectivity index (χ1n) is 7.68. The molecule has 0 saturated heterocycles. The van der Waals surface area contributed by atoms with E-state index in [2.05, 4.69) is 44.3 Å². The van der Waals surface area contributed by atoms with Gasteiger partial charge in [0.05, 0.1) is 0 Å². The van der Waals surface area contributed by atoms with Crippen LogP contribution in [-0.4, -0.2) is 18.7 Å². The lowest BCUT2D eigenvalue weighted by Crippen LogP contribution is -2.42. The summed E-state index contributed by atoms with van der Waals surface area (Å²) in [7, 11) is 0. The minimum atomic E-state index is 0.324. The highest BCUT2D eigenvalue weighted by Gasteiger charge is 2.24. The number of hydrogen-bond donors (Lipinski definition) is 1. The van der Waals surface area contributed by atoms with Crippen molar-refractivity contribution < 1.29 is 4.74 Å². The predicted octanol–water partition coefficient (Wildman–Crippen LogP) is 3.99. The van der Waals surface area contributed by atoms with E-state index in [1.165, 1.54) is 43.2 Å². The maximum Gasteiger partial charge on any atom is 0.120 e. The normalized spacial score (nSPS) is 23.9. The fourth-order valence-electron chi connectivity index (χ4n) is 2.87. The number of rotatable bonds is 4. The Labute approximate surface area is 117 Å². The van der Waals surface area contributed by atoms with Gasteiger partial charge in [-0.3, -0.25) is 0 Å². The molecule has 2 unspecified atom stereocenters. The van der Waals surface area contributed by atoms with Crippen LogP contribution in [-0.2, 0) is 0 Å². The molecule has 0 bridgehead atoms. The molecule has 0 aliphatic heterocycles. The van der Waals surface area contributed by atoms with Gasteiger partial charge in [0.1, 0.15) is 11.9 Å². The van der Waals surface area contributed by atoms with Crippen molar-refractivity contribution in [1.29, 1.82) is 0 Å². The highest BCUT2D eigenvalue weighted by molar-refractivity contribution is 5.34. The third-order valence-electron chi connectivity index (χ3n) is 4.18. The quantitative estimate of drug-likeness (QED) is 0.827. The summed E-state index contributed by atoms with van der Waals surface area (Å²) in [5.41, 5.74) is 2.64. The maximum absolute atomic E-state index is 6.27. The van der Waals surface area contributed by atoms with E-state index >= 15 is 0 Å². The molecule has 2 rings (SSSR count). The Bertz CT molecular complexity index is 402. The molecule has 2 nitrogen and oxygen atoms in total. The molecule has 1 aliphatic rings. The second-order valence-corrected chi connectivity index (χ2v) is 5.70. The van der Waals surface area contributed by atoms with Gasteiger partial charge in [-0.05, 0) is 62.9 Å². The van der Waals surface area contributed by atoms with Crippen molar-refractivity contribution >= 4 is 0 Å². The van der Waals surface area contributed by atoms with Gasteiger partial charge in [0.15, 0.2) is 0 Å². The lowest BCUT2D eigenvalue weighted by Gasteiger charge is -2.27. The Balaban J connectivity index is 2.06. The molecule has 2 atom stereocenters. The van der Waals surface area contributed by atoms with E-state index in [9.17, 15) is 0 Å². The van der Waals surface area contributed by atoms with E-state index in [1.807, 2.05) is 0 Å². The molecule has 1 saturated carbocycles. The van der Waals surface area contributed by atoms with Crippen molar-refractivity contribution in [2.75, 3.05) is 6.54 Å². The standard InChI is InChI=1S/C17H27NO/c1-4-18-16-8-6-5-7-9-17(16)19-15-11-10-13(2)14(3)12-15/h10-12,16-18H,4-9H2,1-3H3. The molecule has 0 spiro atoms. The van der Waals surface area contributed by atoms with Gasteiger partial charge in [-0.1, -0.05) is 25.8 Å². The molecule has 1 aromatic rings. The lowest BCUT2D eigenvalue weighted by molar-refractivity contribution is 0.145. The second-order valence-electron chi connectivity index (χ2n) is 5.70. The molecular weight excluding hydrogens is 234 g/mol. The Kier molecular flexibility index (Phi) is 5.26. The Morgan fingerprint density at radius 3 is 2.63 bits per heavy atom. The van der Waals surface area contributed by atoms with Gasteiger partial charge in [-0.2, -0.15) is 0 Å². The number of ether oxygens (including phenoxy) is 1. The Morgan fingerprint density at radius 1 is 1.11 bits per heavy atom. The average Bonchev–Trinajstić information content (AvgIpc) is 2.61. The van der Waals surface area contributed by atoms with Crippen molar-refractivity contribution in [3.63, 3.8) is 0 Å². The van der Waals surface area contributed by atoms with Crippen LogP contribution < -0.4 is 10.1 Å². The minimum Gasteiger partial charge on any atom is -0.489 e. The zero-order chi connectivity index (χ0) is 13.7. The number of hydrogen-bond acceptors (Lipinski definition) is 2. The third kappa shape index (κ3) is 3.97. The van der Waals surface area contributed by atoms with Crippen LogP contribution in [0, 0.1) is 13.8 Å². The van der Waals surface area contributed by atoms with E-state index in [0.717, 1.165) is 12.3 Å². The second kappa shape index (κ2) is 6.95. The van der Waals surface area contributed by atoms with Crippen LogP contribution in [0.2, 0.25) is 0 Å². The highest BCUT2D eigenvalue weighted by atomic mass is 16.5. The molecular formula is C17H27NO. The average molecular weight is 261 g/mol. The van der Waals surface area contributed by atoms with Crippen LogP contribution in [0.4, 0.5) is 0 Å². The SMILES string of the molecule is CCNC1CCCCCC1Oc1ccc(C)c(C)c1. The summed E-state index contributed by atoms with van der Waals surface area (Å²) in [4.78, 5) is 0. The molecule has 0 aromatic heterocycles. The first-order valence-corrected chi connectivity index (χ1v) is 7.68. The van der Waals surface area contributed by atoms with Crippen LogP contribution in [0.1, 0.15) is 50.2 Å². The van der Waals surface area contributed by atoms with Crippen LogP contribution in [0.3, 0.4) is 0 Å². The van der Waals surface area contributed by atoms with E-state index in [0.29, 0.717) is 12.1 Å². The van der Waals surface area contributed by atoms with Gasteiger partial charge in [-0.15, -0.1) is 0 Å². The van der Waals surface area contributed by atoms with Crippen molar-refractivity contribution in [2.24, 2.45) is 0 Å². The van der Waals surface area contributed by atoms with Gasteiger partial charge < -0.3 is 10.1 Å². The molecule has 2 heteroatoms. The molecule has 1 N–H and O–H groups in total. The molecule has 106 valence electrons. The van der Waals surface area contributed by atoms with Crippen LogP contribution in [0.5, 0.6) is 5.75 Å². The highest BCUT2D eigenvalue weighted by Crippen LogP contribution is 2.24. The largest absolute Gasteiger partial charge is 0.489 e. The van der Waals surface area contributed by atoms with Gasteiger partial charge in [0.25, 0.3) is 0 Å². The van der Waals surface area contributed by atoms with Gasteiger partial charge in [0.2, 0.25) is 0 Å². The number of likely N-dealkylation sites (N-methyl/N-ethyl adjacent to an activating group) is 1. The first kappa shape index (κ1) is 14.4. The summed E-state index contributed by atoms with van der Waals surface area (Å²) in [6, 6.07) is 6.94. The maximum atomic E-state index is 6.27. The topological polar surface area (TPSA) is 21.3 Å². The van der Waals surface area contributed by atoms with E-state index in [4.69, 9.17) is 4.74 Å². The zero-order valence-corrected chi connectivity index (χ0v) is 12.5. The molecule has 0 amide bonds. The van der Waals surface area contributed by atoms with Crippen LogP contribution in [0.25, 0.3) is 0 Å². The Morgan fingerprint density at radius 2 is 1.89 bits per heavy atom. The van der Waals surface area contributed by atoms with Crippen molar-refractivity contribution in [2.45, 2.75) is 65.0 Å². The summed E-state index contributed by atoms with van der Waals surface area (Å²) < 4.78 is 6.27. The molecule has 1 fully saturated rings. The van der Waals surface area contributed by atoms with Gasteiger partial charge in [0, 0.05) is 6.04 Å². The summed E-state index contributed by atoms with van der Waals surface area (Å²) in [6.07, 6.45) is 6.69. The summed E-state index contributed by atoms with van der Waals surface area (Å²) in [5, 5.41) is 3.60. The number of benzene rings is 1. The zero-order valence-electron chi connectivity index (χ0n) is 12.5. The Hall–Kier alpha value is -1.02. The fraction of sp³-hybridized carbons (Fsp3) is 0.647. The fourth-order valence-corrected chi connectivity index (χ4v) is 2.87. The molecule has 19 heavy (non-hydrogen) atoms. The summed E-state index contributed by atoms with van der Waals surface area (Å²) in [5.74, 6) is 1.03. The monoisotopic (exact) mass is 261 g/mol. The lowest BCUT2D eigenvalue weighted by atomic mass is 10.1. The van der Waals surface area contributed by atoms with Crippen molar-refractivity contribution in [3.8, 4) is 5.75 Å². The molecule has 1 aliphatic carbocycles. The summed E-state index contributed by atoms with van der Waals surface area (Å²) in [6.45, 7) is 7.50.